The molecule has 0 bridgehead atoms. The molecule has 1 heterocycles. The van der Waals surface area contributed by atoms with Crippen LogP contribution in [0.5, 0.6) is 0 Å². The Labute approximate surface area is 123 Å². The van der Waals surface area contributed by atoms with Gasteiger partial charge in [0.2, 0.25) is 5.91 Å². The van der Waals surface area contributed by atoms with E-state index in [1.807, 2.05) is 12.1 Å². The molecule has 5 heteroatoms. The molecule has 0 aliphatic carbocycles. The molecule has 0 spiro atoms. The summed E-state index contributed by atoms with van der Waals surface area (Å²) in [6, 6.07) is 11.0. The lowest BCUT2D eigenvalue weighted by Crippen LogP contribution is -2.07. The van der Waals surface area contributed by atoms with E-state index in [1.165, 1.54) is 6.08 Å². The Morgan fingerprint density at radius 2 is 2.21 bits per heavy atom. The Hall–Kier alpha value is -1.43. The molecular weight excluding hydrogens is 326 g/mol. The van der Waals surface area contributed by atoms with Crippen molar-refractivity contribution < 1.29 is 9.90 Å². The van der Waals surface area contributed by atoms with Crippen LogP contribution in [-0.4, -0.2) is 11.0 Å². The summed E-state index contributed by atoms with van der Waals surface area (Å²) in [5.41, 5.74) is 1.44. The standard InChI is InChI=1S/C14H12BrNO2S/c15-13-6-4-12(19-13)5-7-14(18)16-11-3-1-2-10(8-11)9-17/h1-8,17H,9H2,(H,16,18)/b7-5+. The number of aliphatic hydroxyl groups is 1. The number of carbonyl (C=O) groups is 1. The van der Waals surface area contributed by atoms with Crippen molar-refractivity contribution in [1.29, 1.82) is 0 Å². The number of hydrogen-bond donors (Lipinski definition) is 2. The molecule has 0 radical (unpaired) electrons. The van der Waals surface area contributed by atoms with Crippen molar-refractivity contribution in [1.82, 2.24) is 0 Å². The highest BCUT2D eigenvalue weighted by molar-refractivity contribution is 9.11. The second-order valence-electron chi connectivity index (χ2n) is 3.82. The average Bonchev–Trinajstić information content (AvgIpc) is 2.82. The minimum atomic E-state index is -0.195. The fourth-order valence-electron chi connectivity index (χ4n) is 1.51. The molecule has 0 atom stereocenters. The summed E-state index contributed by atoms with van der Waals surface area (Å²) in [5.74, 6) is -0.195. The van der Waals surface area contributed by atoms with Crippen LogP contribution in [0.4, 0.5) is 5.69 Å². The van der Waals surface area contributed by atoms with Crippen LogP contribution in [-0.2, 0) is 11.4 Å². The number of nitrogens with one attached hydrogen (secondary N) is 1. The molecule has 1 aromatic heterocycles. The minimum absolute atomic E-state index is 0.0389. The molecule has 1 amide bonds. The highest BCUT2D eigenvalue weighted by Crippen LogP contribution is 2.23. The van der Waals surface area contributed by atoms with Gasteiger partial charge in [-0.3, -0.25) is 4.79 Å². The number of thiophene rings is 1. The molecule has 19 heavy (non-hydrogen) atoms. The summed E-state index contributed by atoms with van der Waals surface area (Å²) in [7, 11) is 0. The van der Waals surface area contributed by atoms with Crippen molar-refractivity contribution in [3.63, 3.8) is 0 Å². The van der Waals surface area contributed by atoms with Gasteiger partial charge in [-0.05, 0) is 51.8 Å². The zero-order valence-electron chi connectivity index (χ0n) is 9.97. The predicted molar refractivity (Wildman–Crippen MR) is 82.0 cm³/mol. The third-order valence-electron chi connectivity index (χ3n) is 2.37. The van der Waals surface area contributed by atoms with Gasteiger partial charge in [-0.2, -0.15) is 0 Å². The molecule has 2 aromatic rings. The first-order valence-corrected chi connectivity index (χ1v) is 7.22. The molecular formula is C14H12BrNO2S. The van der Waals surface area contributed by atoms with E-state index < -0.39 is 0 Å². The highest BCUT2D eigenvalue weighted by atomic mass is 79.9. The second kappa shape index (κ2) is 6.65. The van der Waals surface area contributed by atoms with Gasteiger partial charge in [0, 0.05) is 16.6 Å². The van der Waals surface area contributed by atoms with E-state index in [0.717, 1.165) is 14.2 Å². The SMILES string of the molecule is O=C(/C=C/c1ccc(Br)s1)Nc1cccc(CO)c1. The van der Waals surface area contributed by atoms with Crippen molar-refractivity contribution in [2.45, 2.75) is 6.61 Å². The van der Waals surface area contributed by atoms with Crippen LogP contribution in [0, 0.1) is 0 Å². The van der Waals surface area contributed by atoms with Gasteiger partial charge in [0.05, 0.1) is 10.4 Å². The van der Waals surface area contributed by atoms with E-state index in [1.54, 1.807) is 41.7 Å². The summed E-state index contributed by atoms with van der Waals surface area (Å²) in [4.78, 5) is 12.7. The number of rotatable bonds is 4. The van der Waals surface area contributed by atoms with Crippen LogP contribution >= 0.6 is 27.3 Å². The maximum Gasteiger partial charge on any atom is 0.248 e. The number of aliphatic hydroxyl groups excluding tert-OH is 1. The zero-order valence-corrected chi connectivity index (χ0v) is 12.4. The van der Waals surface area contributed by atoms with Gasteiger partial charge in [-0.1, -0.05) is 12.1 Å². The van der Waals surface area contributed by atoms with E-state index in [-0.39, 0.29) is 12.5 Å². The number of hydrogen-bond acceptors (Lipinski definition) is 3. The lowest BCUT2D eigenvalue weighted by Gasteiger charge is -2.03. The monoisotopic (exact) mass is 337 g/mol. The molecule has 0 saturated carbocycles. The summed E-state index contributed by atoms with van der Waals surface area (Å²) in [5, 5.41) is 11.8. The van der Waals surface area contributed by atoms with Crippen LogP contribution < -0.4 is 5.32 Å². The summed E-state index contributed by atoms with van der Waals surface area (Å²) >= 11 is 4.93. The quantitative estimate of drug-likeness (QED) is 0.836. The van der Waals surface area contributed by atoms with Gasteiger partial charge in [0.1, 0.15) is 0 Å². The summed E-state index contributed by atoms with van der Waals surface area (Å²) < 4.78 is 1.03. The Morgan fingerprint density at radius 3 is 2.89 bits per heavy atom. The average molecular weight is 338 g/mol. The maximum absolute atomic E-state index is 11.7. The first-order valence-electron chi connectivity index (χ1n) is 5.61. The van der Waals surface area contributed by atoms with Crippen molar-refractivity contribution in [3.8, 4) is 0 Å². The fraction of sp³-hybridized carbons (Fsp3) is 0.0714. The first-order chi connectivity index (χ1) is 9.17. The Kier molecular flexibility index (Phi) is 4.90. The zero-order chi connectivity index (χ0) is 13.7. The Balaban J connectivity index is 1.99. The number of amides is 1. The number of anilines is 1. The maximum atomic E-state index is 11.7. The number of benzene rings is 1. The lowest BCUT2D eigenvalue weighted by molar-refractivity contribution is -0.111. The summed E-state index contributed by atoms with van der Waals surface area (Å²) in [6.07, 6.45) is 3.25. The van der Waals surface area contributed by atoms with E-state index >= 15 is 0 Å². The van der Waals surface area contributed by atoms with Crippen LogP contribution in [0.2, 0.25) is 0 Å². The van der Waals surface area contributed by atoms with E-state index in [9.17, 15) is 4.79 Å². The van der Waals surface area contributed by atoms with E-state index in [0.29, 0.717) is 5.69 Å². The van der Waals surface area contributed by atoms with Crippen molar-refractivity contribution in [2.24, 2.45) is 0 Å². The minimum Gasteiger partial charge on any atom is -0.392 e. The third kappa shape index (κ3) is 4.31. The molecule has 2 rings (SSSR count). The molecule has 3 nitrogen and oxygen atoms in total. The molecule has 98 valence electrons. The number of halogens is 1. The molecule has 0 unspecified atom stereocenters. The summed E-state index contributed by atoms with van der Waals surface area (Å²) in [6.45, 7) is -0.0389. The van der Waals surface area contributed by atoms with E-state index in [2.05, 4.69) is 21.2 Å². The lowest BCUT2D eigenvalue weighted by atomic mass is 10.2. The third-order valence-corrected chi connectivity index (χ3v) is 3.96. The van der Waals surface area contributed by atoms with Gasteiger partial charge >= 0.3 is 0 Å². The number of carbonyl (C=O) groups excluding carboxylic acids is 1. The van der Waals surface area contributed by atoms with Crippen molar-refractivity contribution >= 4 is 44.9 Å². The van der Waals surface area contributed by atoms with Gasteiger partial charge in [0.15, 0.2) is 0 Å². The topological polar surface area (TPSA) is 49.3 Å². The van der Waals surface area contributed by atoms with Gasteiger partial charge in [0.25, 0.3) is 0 Å². The molecule has 1 aromatic carbocycles. The van der Waals surface area contributed by atoms with Crippen LogP contribution in [0.15, 0.2) is 46.3 Å². The van der Waals surface area contributed by atoms with Crippen molar-refractivity contribution in [2.75, 3.05) is 5.32 Å². The van der Waals surface area contributed by atoms with E-state index in [4.69, 9.17) is 5.11 Å². The van der Waals surface area contributed by atoms with Crippen molar-refractivity contribution in [3.05, 3.63) is 56.7 Å². The molecule has 0 aliphatic heterocycles. The highest BCUT2D eigenvalue weighted by Gasteiger charge is 1.99. The normalized spacial score (nSPS) is 10.8. The molecule has 0 fully saturated rings. The largest absolute Gasteiger partial charge is 0.392 e. The van der Waals surface area contributed by atoms with Crippen LogP contribution in [0.25, 0.3) is 6.08 Å². The first kappa shape index (κ1) is 14.0. The Bertz CT molecular complexity index is 607. The Morgan fingerprint density at radius 1 is 1.37 bits per heavy atom. The predicted octanol–water partition coefficient (Wildman–Crippen LogP) is 3.65. The van der Waals surface area contributed by atoms with Gasteiger partial charge in [-0.25, -0.2) is 0 Å². The molecule has 2 N–H and O–H groups in total. The van der Waals surface area contributed by atoms with Gasteiger partial charge in [-0.15, -0.1) is 11.3 Å². The smallest absolute Gasteiger partial charge is 0.248 e. The second-order valence-corrected chi connectivity index (χ2v) is 6.32. The van der Waals surface area contributed by atoms with Crippen LogP contribution in [0.3, 0.4) is 0 Å². The fourth-order valence-corrected chi connectivity index (χ4v) is 2.83. The van der Waals surface area contributed by atoms with Gasteiger partial charge < -0.3 is 10.4 Å². The van der Waals surface area contributed by atoms with Crippen LogP contribution in [0.1, 0.15) is 10.4 Å². The molecule has 0 aliphatic rings. The molecule has 0 saturated heterocycles.